The van der Waals surface area contributed by atoms with Crippen molar-refractivity contribution in [2.75, 3.05) is 6.54 Å². The molecule has 0 radical (unpaired) electrons. The van der Waals surface area contributed by atoms with Crippen LogP contribution in [0.5, 0.6) is 0 Å². The van der Waals surface area contributed by atoms with E-state index in [0.717, 1.165) is 41.4 Å². The number of thiocarbonyl (C=S) groups is 1. The fourth-order valence-corrected chi connectivity index (χ4v) is 5.92. The third kappa shape index (κ3) is 4.52. The quantitative estimate of drug-likeness (QED) is 0.378. The average molecular weight is 491 g/mol. The normalized spacial score (nSPS) is 20.0. The van der Waals surface area contributed by atoms with Crippen molar-refractivity contribution < 1.29 is 9.59 Å². The summed E-state index contributed by atoms with van der Waals surface area (Å²) in [5, 5.41) is 1.01. The van der Waals surface area contributed by atoms with E-state index in [1.807, 2.05) is 58.1 Å². The highest BCUT2D eigenvalue weighted by atomic mass is 32.2. The van der Waals surface area contributed by atoms with Gasteiger partial charge in [0.15, 0.2) is 0 Å². The Balaban J connectivity index is 1.41. The predicted molar refractivity (Wildman–Crippen MR) is 140 cm³/mol. The minimum absolute atomic E-state index is 0.103. The number of rotatable bonds is 5. The van der Waals surface area contributed by atoms with E-state index in [-0.39, 0.29) is 17.9 Å². The lowest BCUT2D eigenvalue weighted by atomic mass is 10.0. The molecule has 8 heteroatoms. The number of nitrogens with zero attached hydrogens (tertiary/aromatic N) is 4. The van der Waals surface area contributed by atoms with Crippen LogP contribution in [-0.4, -0.2) is 48.1 Å². The Bertz CT molecular complexity index is 1280. The Morgan fingerprint density at radius 2 is 2.09 bits per heavy atom. The first-order chi connectivity index (χ1) is 16.5. The Morgan fingerprint density at radius 3 is 2.88 bits per heavy atom. The summed E-state index contributed by atoms with van der Waals surface area (Å²) in [5.41, 5.74) is 2.83. The molecule has 0 aliphatic carbocycles. The fraction of sp³-hybridized carbons (Fsp3) is 0.308. The van der Waals surface area contributed by atoms with Gasteiger partial charge in [-0.25, -0.2) is 0 Å². The molecular weight excluding hydrogens is 464 g/mol. The second-order valence-electron chi connectivity index (χ2n) is 8.79. The van der Waals surface area contributed by atoms with Gasteiger partial charge in [0, 0.05) is 47.6 Å². The maximum absolute atomic E-state index is 13.1. The second-order valence-corrected chi connectivity index (χ2v) is 10.5. The maximum Gasteiger partial charge on any atom is 0.266 e. The van der Waals surface area contributed by atoms with E-state index in [9.17, 15) is 9.59 Å². The molecule has 0 N–H and O–H groups in total. The minimum atomic E-state index is -0.103. The molecule has 0 saturated carbocycles. The minimum Gasteiger partial charge on any atom is -0.338 e. The van der Waals surface area contributed by atoms with Crippen LogP contribution in [-0.2, 0) is 22.7 Å². The summed E-state index contributed by atoms with van der Waals surface area (Å²) in [5.74, 6) is 0.0381. The van der Waals surface area contributed by atoms with Crippen LogP contribution >= 0.6 is 24.0 Å². The summed E-state index contributed by atoms with van der Waals surface area (Å²) in [6, 6.07) is 12.1. The van der Waals surface area contributed by atoms with Crippen molar-refractivity contribution in [2.24, 2.45) is 0 Å². The van der Waals surface area contributed by atoms with E-state index in [1.165, 1.54) is 18.2 Å². The fourth-order valence-electron chi connectivity index (χ4n) is 4.68. The molecule has 2 amide bonds. The van der Waals surface area contributed by atoms with E-state index >= 15 is 0 Å². The Kier molecular flexibility index (Phi) is 6.52. The molecule has 0 spiro atoms. The molecule has 4 heterocycles. The Morgan fingerprint density at radius 1 is 1.24 bits per heavy atom. The number of carbonyl (C=O) groups is 2. The van der Waals surface area contributed by atoms with Crippen LogP contribution in [0.2, 0.25) is 0 Å². The number of amides is 2. The number of fused-ring (bicyclic) bond motifs is 1. The largest absolute Gasteiger partial charge is 0.338 e. The van der Waals surface area contributed by atoms with Crippen LogP contribution in [0.1, 0.15) is 37.3 Å². The zero-order chi connectivity index (χ0) is 23.7. The summed E-state index contributed by atoms with van der Waals surface area (Å²) in [4.78, 5) is 34.6. The average Bonchev–Trinajstić information content (AvgIpc) is 3.32. The first-order valence-corrected chi connectivity index (χ1v) is 12.8. The second kappa shape index (κ2) is 9.72. The van der Waals surface area contributed by atoms with Gasteiger partial charge in [-0.1, -0.05) is 48.2 Å². The highest BCUT2D eigenvalue weighted by Crippen LogP contribution is 2.35. The molecule has 6 nitrogen and oxygen atoms in total. The van der Waals surface area contributed by atoms with Crippen LogP contribution < -0.4 is 0 Å². The molecule has 2 saturated heterocycles. The van der Waals surface area contributed by atoms with Gasteiger partial charge in [-0.05, 0) is 50.0 Å². The molecular formula is C26H26N4O2S2. The number of carbonyl (C=O) groups excluding carboxylic acids is 2. The van der Waals surface area contributed by atoms with Gasteiger partial charge < -0.3 is 9.47 Å². The van der Waals surface area contributed by atoms with E-state index in [2.05, 4.69) is 11.9 Å². The number of likely N-dealkylation sites (tertiary alicyclic amines) is 1. The molecule has 5 rings (SSSR count). The van der Waals surface area contributed by atoms with Crippen molar-refractivity contribution in [3.63, 3.8) is 0 Å². The summed E-state index contributed by atoms with van der Waals surface area (Å²) in [6.07, 6.45) is 10.6. The molecule has 174 valence electrons. The third-order valence-electron chi connectivity index (χ3n) is 6.47. The van der Waals surface area contributed by atoms with Crippen molar-refractivity contribution in [1.29, 1.82) is 0 Å². The zero-order valence-corrected chi connectivity index (χ0v) is 20.6. The van der Waals surface area contributed by atoms with Crippen LogP contribution in [0.25, 0.3) is 17.0 Å². The molecule has 34 heavy (non-hydrogen) atoms. The lowest BCUT2D eigenvalue weighted by Gasteiger charge is -2.33. The van der Waals surface area contributed by atoms with Crippen molar-refractivity contribution in [2.45, 2.75) is 45.3 Å². The number of benzene rings is 1. The molecule has 1 aromatic carbocycles. The van der Waals surface area contributed by atoms with Gasteiger partial charge in [-0.2, -0.15) is 0 Å². The molecule has 1 atom stereocenters. The van der Waals surface area contributed by atoms with Crippen molar-refractivity contribution in [3.05, 3.63) is 71.0 Å². The highest BCUT2D eigenvalue weighted by molar-refractivity contribution is 8.26. The van der Waals surface area contributed by atoms with Gasteiger partial charge in [0.25, 0.3) is 5.91 Å². The molecule has 0 bridgehead atoms. The lowest BCUT2D eigenvalue weighted by Crippen LogP contribution is -2.43. The van der Waals surface area contributed by atoms with Crippen molar-refractivity contribution in [1.82, 2.24) is 19.4 Å². The number of pyridine rings is 1. The number of piperidine rings is 1. The molecule has 2 aliphatic rings. The Hall–Kier alpha value is -2.97. The van der Waals surface area contributed by atoms with Crippen LogP contribution in [0, 0.1) is 0 Å². The summed E-state index contributed by atoms with van der Waals surface area (Å²) >= 11 is 6.82. The van der Waals surface area contributed by atoms with Gasteiger partial charge in [-0.15, -0.1) is 0 Å². The van der Waals surface area contributed by atoms with Gasteiger partial charge in [0.2, 0.25) is 5.91 Å². The molecule has 2 aromatic heterocycles. The van der Waals surface area contributed by atoms with E-state index in [4.69, 9.17) is 12.2 Å². The number of para-hydroxylation sites is 1. The first kappa shape index (κ1) is 22.8. The zero-order valence-electron chi connectivity index (χ0n) is 19.0. The summed E-state index contributed by atoms with van der Waals surface area (Å²) in [6.45, 7) is 3.65. The smallest absolute Gasteiger partial charge is 0.266 e. The van der Waals surface area contributed by atoms with Crippen LogP contribution in [0.3, 0.4) is 0 Å². The van der Waals surface area contributed by atoms with Crippen LogP contribution in [0.15, 0.2) is 59.9 Å². The van der Waals surface area contributed by atoms with Crippen molar-refractivity contribution in [3.8, 4) is 0 Å². The SMILES string of the molecule is C[C@H]1CCCCN1C(=O)Cn1cc(/C=C2\SC(=S)N(Cc3cccnc3)C2=O)c2ccccc21. The van der Waals surface area contributed by atoms with E-state index < -0.39 is 0 Å². The standard InChI is InChI=1S/C26H26N4O2S2/c1-18-7-4-5-12-29(18)24(31)17-28-16-20(21-9-2-3-10-22(21)28)13-23-25(32)30(26(33)34-23)15-19-8-6-11-27-14-19/h2-3,6,8-11,13-14,16,18H,4-5,7,12,15,17H2,1H3/b23-13-/t18-/m0/s1. The van der Waals surface area contributed by atoms with E-state index in [1.54, 1.807) is 17.3 Å². The first-order valence-electron chi connectivity index (χ1n) is 11.5. The number of aromatic nitrogens is 2. The van der Waals surface area contributed by atoms with E-state index in [0.29, 0.717) is 22.3 Å². The lowest BCUT2D eigenvalue weighted by molar-refractivity contribution is -0.135. The molecule has 2 aliphatic heterocycles. The van der Waals surface area contributed by atoms with Crippen molar-refractivity contribution >= 4 is 57.1 Å². The topological polar surface area (TPSA) is 58.4 Å². The monoisotopic (exact) mass is 490 g/mol. The predicted octanol–water partition coefficient (Wildman–Crippen LogP) is 4.84. The summed E-state index contributed by atoms with van der Waals surface area (Å²) < 4.78 is 2.54. The van der Waals surface area contributed by atoms with Gasteiger partial charge in [0.05, 0.1) is 11.4 Å². The number of hydrogen-bond donors (Lipinski definition) is 0. The molecule has 0 unspecified atom stereocenters. The van der Waals surface area contributed by atoms with Crippen LogP contribution in [0.4, 0.5) is 0 Å². The maximum atomic E-state index is 13.1. The van der Waals surface area contributed by atoms with Gasteiger partial charge in [-0.3, -0.25) is 19.5 Å². The Labute approximate surface area is 208 Å². The molecule has 2 fully saturated rings. The molecule has 3 aromatic rings. The summed E-state index contributed by atoms with van der Waals surface area (Å²) in [7, 11) is 0. The van der Waals surface area contributed by atoms with Gasteiger partial charge >= 0.3 is 0 Å². The van der Waals surface area contributed by atoms with Gasteiger partial charge in [0.1, 0.15) is 10.9 Å². The number of thioether (sulfide) groups is 1. The third-order valence-corrected chi connectivity index (χ3v) is 7.85. The number of hydrogen-bond acceptors (Lipinski definition) is 5. The highest BCUT2D eigenvalue weighted by Gasteiger charge is 2.32.